The van der Waals surface area contributed by atoms with Crippen LogP contribution in [0.1, 0.15) is 45.4 Å². The number of anilines is 2. The summed E-state index contributed by atoms with van der Waals surface area (Å²) in [7, 11) is -2.14. The highest BCUT2D eigenvalue weighted by Crippen LogP contribution is 2.25. The molecule has 0 aliphatic heterocycles. The van der Waals surface area contributed by atoms with Crippen molar-refractivity contribution in [1.82, 2.24) is 14.8 Å². The normalized spacial score (nSPS) is 11.5. The van der Waals surface area contributed by atoms with Gasteiger partial charge in [-0.3, -0.25) is 9.40 Å². The number of likely N-dealkylation sites (N-methyl/N-ethyl adjacent to an activating group) is 1. The molecule has 34 heavy (non-hydrogen) atoms. The third-order valence-corrected chi connectivity index (χ3v) is 7.40. The lowest BCUT2D eigenvalue weighted by Crippen LogP contribution is -2.24. The van der Waals surface area contributed by atoms with Gasteiger partial charge in [0.05, 0.1) is 22.5 Å². The Morgan fingerprint density at radius 2 is 1.88 bits per heavy atom. The van der Waals surface area contributed by atoms with Crippen molar-refractivity contribution in [2.75, 3.05) is 23.2 Å². The zero-order valence-electron chi connectivity index (χ0n) is 20.4. The summed E-state index contributed by atoms with van der Waals surface area (Å²) in [5, 5.41) is 14.3. The van der Waals surface area contributed by atoms with E-state index in [0.717, 1.165) is 29.1 Å². The third-order valence-electron chi connectivity index (χ3n) is 5.87. The van der Waals surface area contributed by atoms with Crippen molar-refractivity contribution in [3.05, 3.63) is 64.1 Å². The number of pyridine rings is 1. The first kappa shape index (κ1) is 25.2. The monoisotopic (exact) mass is 485 g/mol. The maximum absolute atomic E-state index is 12.9. The first-order chi connectivity index (χ1) is 15.9. The number of hydrogen-bond donors (Lipinski definition) is 2. The van der Waals surface area contributed by atoms with E-state index in [4.69, 9.17) is 0 Å². The van der Waals surface area contributed by atoms with Crippen molar-refractivity contribution < 1.29 is 18.3 Å². The fourth-order valence-corrected chi connectivity index (χ4v) is 5.34. The lowest BCUT2D eigenvalue weighted by Gasteiger charge is -2.21. The zero-order valence-corrected chi connectivity index (χ0v) is 21.2. The quantitative estimate of drug-likeness (QED) is 0.474. The Balaban J connectivity index is 1.85. The van der Waals surface area contributed by atoms with Gasteiger partial charge in [-0.25, -0.2) is 18.2 Å². The summed E-state index contributed by atoms with van der Waals surface area (Å²) < 4.78 is 30.2. The number of rotatable bonds is 9. The molecule has 0 spiro atoms. The Labute approximate surface area is 200 Å². The second kappa shape index (κ2) is 9.84. The van der Waals surface area contributed by atoms with E-state index in [0.29, 0.717) is 18.5 Å². The number of carbonyl (C=O) groups is 1. The van der Waals surface area contributed by atoms with E-state index in [-0.39, 0.29) is 22.0 Å². The van der Waals surface area contributed by atoms with Crippen LogP contribution in [0.4, 0.5) is 11.5 Å². The van der Waals surface area contributed by atoms with E-state index in [1.165, 1.54) is 12.3 Å². The van der Waals surface area contributed by atoms with Gasteiger partial charge in [0.1, 0.15) is 11.4 Å². The van der Waals surface area contributed by atoms with Gasteiger partial charge in [-0.2, -0.15) is 5.10 Å². The summed E-state index contributed by atoms with van der Waals surface area (Å²) in [5.74, 6) is -0.923. The summed E-state index contributed by atoms with van der Waals surface area (Å²) in [5.41, 5.74) is 4.59. The first-order valence-electron chi connectivity index (χ1n) is 11.0. The number of carboxylic acids is 1. The van der Waals surface area contributed by atoms with Crippen molar-refractivity contribution in [1.29, 1.82) is 0 Å². The maximum Gasteiger partial charge on any atom is 0.339 e. The molecule has 0 fully saturated rings. The lowest BCUT2D eigenvalue weighted by molar-refractivity contribution is 0.0697. The largest absolute Gasteiger partial charge is 0.478 e. The fourth-order valence-electron chi connectivity index (χ4n) is 3.97. The van der Waals surface area contributed by atoms with Crippen molar-refractivity contribution >= 4 is 27.5 Å². The van der Waals surface area contributed by atoms with Crippen LogP contribution < -0.4 is 9.62 Å². The third kappa shape index (κ3) is 5.22. The van der Waals surface area contributed by atoms with E-state index in [1.807, 2.05) is 38.4 Å². The predicted molar refractivity (Wildman–Crippen MR) is 132 cm³/mol. The highest BCUT2D eigenvalue weighted by Gasteiger charge is 2.21. The van der Waals surface area contributed by atoms with Gasteiger partial charge in [-0.05, 0) is 69.9 Å². The SMILES string of the molecule is CCn1nc(C)c(CCN(C)c2ncc(NS(=O)(=O)c3cc(C)ccc3C)cc2C(=O)O)c1C. The molecule has 0 saturated carbocycles. The Morgan fingerprint density at radius 3 is 2.50 bits per heavy atom. The summed E-state index contributed by atoms with van der Waals surface area (Å²) in [6.45, 7) is 10.9. The maximum atomic E-state index is 12.9. The lowest BCUT2D eigenvalue weighted by atomic mass is 10.1. The molecule has 3 aromatic rings. The Hall–Kier alpha value is -3.40. The number of aromatic carboxylic acids is 1. The number of aromatic nitrogens is 3. The summed E-state index contributed by atoms with van der Waals surface area (Å²) in [4.78, 5) is 18.2. The average molecular weight is 486 g/mol. The molecule has 9 nitrogen and oxygen atoms in total. The van der Waals surface area contributed by atoms with Gasteiger partial charge < -0.3 is 10.0 Å². The van der Waals surface area contributed by atoms with E-state index in [2.05, 4.69) is 14.8 Å². The Bertz CT molecular complexity index is 1330. The molecule has 2 heterocycles. The Kier molecular flexibility index (Phi) is 7.30. The van der Waals surface area contributed by atoms with Gasteiger partial charge in [-0.1, -0.05) is 12.1 Å². The molecule has 182 valence electrons. The Morgan fingerprint density at radius 1 is 1.18 bits per heavy atom. The van der Waals surface area contributed by atoms with E-state index in [1.54, 1.807) is 31.0 Å². The number of sulfonamides is 1. The smallest absolute Gasteiger partial charge is 0.339 e. The molecule has 0 unspecified atom stereocenters. The van der Waals surface area contributed by atoms with Gasteiger partial charge >= 0.3 is 5.97 Å². The van der Waals surface area contributed by atoms with Crippen LogP contribution in [0.25, 0.3) is 0 Å². The summed E-state index contributed by atoms with van der Waals surface area (Å²) >= 11 is 0. The number of benzene rings is 1. The predicted octanol–water partition coefficient (Wildman–Crippen LogP) is 3.71. The molecular weight excluding hydrogens is 454 g/mol. The minimum atomic E-state index is -3.90. The minimum absolute atomic E-state index is 0.0821. The number of nitrogens with one attached hydrogen (secondary N) is 1. The molecule has 0 atom stereocenters. The summed E-state index contributed by atoms with van der Waals surface area (Å²) in [6, 6.07) is 6.45. The minimum Gasteiger partial charge on any atom is -0.478 e. The second-order valence-corrected chi connectivity index (χ2v) is 10.1. The van der Waals surface area contributed by atoms with Crippen LogP contribution in [0, 0.1) is 27.7 Å². The summed E-state index contributed by atoms with van der Waals surface area (Å²) in [6.07, 6.45) is 2.02. The number of carboxylic acid groups (broad SMARTS) is 1. The topological polar surface area (TPSA) is 117 Å². The van der Waals surface area contributed by atoms with E-state index < -0.39 is 16.0 Å². The van der Waals surface area contributed by atoms with Crippen LogP contribution in [0.15, 0.2) is 35.4 Å². The van der Waals surface area contributed by atoms with Crippen LogP contribution in [-0.2, 0) is 23.0 Å². The molecule has 0 bridgehead atoms. The number of aryl methyl sites for hydroxylation is 4. The standard InChI is InChI=1S/C24H31N5O4S/c1-7-29-18(5)20(17(4)26-29)10-11-28(6)23-21(24(30)31)13-19(14-25-23)27-34(32,33)22-12-15(2)8-9-16(22)3/h8-9,12-14,27H,7,10-11H2,1-6H3,(H,30,31). The van der Waals surface area contributed by atoms with Crippen molar-refractivity contribution in [2.45, 2.75) is 52.5 Å². The highest BCUT2D eigenvalue weighted by molar-refractivity contribution is 7.92. The van der Waals surface area contributed by atoms with Crippen molar-refractivity contribution in [2.24, 2.45) is 0 Å². The molecule has 1 aromatic carbocycles. The van der Waals surface area contributed by atoms with Gasteiger partial charge in [0.15, 0.2) is 0 Å². The van der Waals surface area contributed by atoms with E-state index >= 15 is 0 Å². The van der Waals surface area contributed by atoms with Crippen LogP contribution in [0.2, 0.25) is 0 Å². The van der Waals surface area contributed by atoms with Crippen LogP contribution in [-0.4, -0.2) is 47.9 Å². The van der Waals surface area contributed by atoms with Gasteiger partial charge in [0.2, 0.25) is 0 Å². The van der Waals surface area contributed by atoms with Gasteiger partial charge in [0, 0.05) is 25.8 Å². The van der Waals surface area contributed by atoms with Crippen molar-refractivity contribution in [3.8, 4) is 0 Å². The molecular formula is C24H31N5O4S. The van der Waals surface area contributed by atoms with Crippen LogP contribution >= 0.6 is 0 Å². The average Bonchev–Trinajstić information content (AvgIpc) is 3.05. The second-order valence-electron chi connectivity index (χ2n) is 8.41. The number of nitrogens with zero attached hydrogens (tertiary/aromatic N) is 4. The van der Waals surface area contributed by atoms with Crippen LogP contribution in [0.3, 0.4) is 0 Å². The molecule has 0 saturated heterocycles. The molecule has 0 aliphatic rings. The van der Waals surface area contributed by atoms with Crippen molar-refractivity contribution in [3.63, 3.8) is 0 Å². The van der Waals surface area contributed by atoms with E-state index in [9.17, 15) is 18.3 Å². The molecule has 2 N–H and O–H groups in total. The van der Waals surface area contributed by atoms with Gasteiger partial charge in [-0.15, -0.1) is 0 Å². The number of hydrogen-bond acceptors (Lipinski definition) is 6. The first-order valence-corrected chi connectivity index (χ1v) is 12.5. The molecule has 10 heteroatoms. The van der Waals surface area contributed by atoms with Crippen LogP contribution in [0.5, 0.6) is 0 Å². The molecule has 0 amide bonds. The molecule has 0 radical (unpaired) electrons. The fraction of sp³-hybridized carbons (Fsp3) is 0.375. The highest BCUT2D eigenvalue weighted by atomic mass is 32.2. The molecule has 0 aliphatic carbocycles. The zero-order chi connectivity index (χ0) is 25.2. The van der Waals surface area contributed by atoms with Gasteiger partial charge in [0.25, 0.3) is 10.0 Å². The molecule has 2 aromatic heterocycles. The molecule has 3 rings (SSSR count).